The fourth-order valence-corrected chi connectivity index (χ4v) is 1.81. The quantitative estimate of drug-likeness (QED) is 0.611. The predicted octanol–water partition coefficient (Wildman–Crippen LogP) is 2.07. The Morgan fingerprint density at radius 2 is 1.60 bits per heavy atom. The van der Waals surface area contributed by atoms with Gasteiger partial charge in [-0.1, -0.05) is 12.1 Å². The van der Waals surface area contributed by atoms with Crippen molar-refractivity contribution in [2.24, 2.45) is 0 Å². The number of esters is 1. The minimum atomic E-state index is -0.651. The Kier molecular flexibility index (Phi) is 3.44. The summed E-state index contributed by atoms with van der Waals surface area (Å²) in [6.07, 6.45) is 2.35. The third-order valence-electron chi connectivity index (χ3n) is 2.57. The van der Waals surface area contributed by atoms with Crippen LogP contribution in [0.25, 0.3) is 0 Å². The molecule has 0 saturated carbocycles. The molecular weight excluding hydrogens is 258 g/mol. The number of benzene rings is 1. The Balaban J connectivity index is 2.39. The van der Waals surface area contributed by atoms with Gasteiger partial charge in [0.2, 0.25) is 0 Å². The molecule has 0 radical (unpaired) electrons. The molecule has 0 aromatic heterocycles. The third kappa shape index (κ3) is 2.77. The van der Waals surface area contributed by atoms with E-state index in [4.69, 9.17) is 4.74 Å². The summed E-state index contributed by atoms with van der Waals surface area (Å²) in [5.41, 5.74) is -0.226. The van der Waals surface area contributed by atoms with Crippen molar-refractivity contribution in [1.82, 2.24) is 0 Å². The predicted molar refractivity (Wildman–Crippen MR) is 73.2 cm³/mol. The molecule has 20 heavy (non-hydrogen) atoms. The van der Waals surface area contributed by atoms with E-state index >= 15 is 0 Å². The molecule has 2 rings (SSSR count). The molecule has 5 nitrogen and oxygen atoms in total. The first-order valence-electron chi connectivity index (χ1n) is 6.18. The van der Waals surface area contributed by atoms with Crippen LogP contribution in [-0.2, 0) is 14.3 Å². The van der Waals surface area contributed by atoms with E-state index in [9.17, 15) is 14.4 Å². The lowest BCUT2D eigenvalue weighted by molar-refractivity contribution is -0.119. The summed E-state index contributed by atoms with van der Waals surface area (Å²) in [5, 5.41) is 0. The maximum Gasteiger partial charge on any atom is 0.340 e. The zero-order valence-electron chi connectivity index (χ0n) is 11.5. The Bertz CT molecular complexity index is 593. The standard InChI is InChI=1S/C15H15NO4/c1-15(2,3)20-14(19)10-6-4-5-7-11(10)16-12(17)8-9-13(16)18/h4-9H,1-3H3. The van der Waals surface area contributed by atoms with Gasteiger partial charge in [-0.25, -0.2) is 9.69 Å². The summed E-state index contributed by atoms with van der Waals surface area (Å²) in [6, 6.07) is 6.38. The number of hydrogen-bond acceptors (Lipinski definition) is 4. The van der Waals surface area contributed by atoms with Gasteiger partial charge >= 0.3 is 5.97 Å². The fraction of sp³-hybridized carbons (Fsp3) is 0.267. The molecule has 104 valence electrons. The Morgan fingerprint density at radius 3 is 2.15 bits per heavy atom. The van der Waals surface area contributed by atoms with Gasteiger partial charge in [-0.15, -0.1) is 0 Å². The van der Waals surface area contributed by atoms with Gasteiger partial charge in [0.05, 0.1) is 11.3 Å². The lowest BCUT2D eigenvalue weighted by Gasteiger charge is -2.22. The van der Waals surface area contributed by atoms with Crippen LogP contribution in [0.4, 0.5) is 5.69 Å². The van der Waals surface area contributed by atoms with Crippen LogP contribution in [0.5, 0.6) is 0 Å². The van der Waals surface area contributed by atoms with Crippen molar-refractivity contribution < 1.29 is 19.1 Å². The molecule has 0 N–H and O–H groups in total. The summed E-state index contributed by atoms with van der Waals surface area (Å²) in [7, 11) is 0. The van der Waals surface area contributed by atoms with Crippen LogP contribution in [0.2, 0.25) is 0 Å². The van der Waals surface area contributed by atoms with Crippen LogP contribution < -0.4 is 4.90 Å². The number of carbonyl (C=O) groups is 3. The minimum Gasteiger partial charge on any atom is -0.456 e. The van der Waals surface area contributed by atoms with E-state index in [1.165, 1.54) is 18.2 Å². The molecule has 0 unspecified atom stereocenters. The summed E-state index contributed by atoms with van der Waals surface area (Å²) in [5.74, 6) is -1.50. The molecule has 0 saturated heterocycles. The molecule has 1 aliphatic heterocycles. The molecule has 5 heteroatoms. The summed E-state index contributed by atoms with van der Waals surface area (Å²) < 4.78 is 5.29. The molecular formula is C15H15NO4. The first kappa shape index (κ1) is 14.0. The average Bonchev–Trinajstić information content (AvgIpc) is 2.67. The number of ether oxygens (including phenoxy) is 1. The van der Waals surface area contributed by atoms with Crippen molar-refractivity contribution in [3.63, 3.8) is 0 Å². The molecule has 1 heterocycles. The van der Waals surface area contributed by atoms with E-state index in [0.717, 1.165) is 4.90 Å². The van der Waals surface area contributed by atoms with E-state index in [2.05, 4.69) is 0 Å². The van der Waals surface area contributed by atoms with Gasteiger partial charge in [0, 0.05) is 12.2 Å². The average molecular weight is 273 g/mol. The lowest BCUT2D eigenvalue weighted by Crippen LogP contribution is -2.32. The zero-order chi connectivity index (χ0) is 14.9. The first-order chi connectivity index (χ1) is 9.29. The van der Waals surface area contributed by atoms with Crippen molar-refractivity contribution in [2.45, 2.75) is 26.4 Å². The van der Waals surface area contributed by atoms with Crippen LogP contribution >= 0.6 is 0 Å². The molecule has 0 atom stereocenters. The highest BCUT2D eigenvalue weighted by Gasteiger charge is 2.30. The highest BCUT2D eigenvalue weighted by atomic mass is 16.6. The van der Waals surface area contributed by atoms with E-state index in [-0.39, 0.29) is 11.3 Å². The molecule has 2 amide bonds. The molecule has 1 aromatic carbocycles. The second kappa shape index (κ2) is 4.92. The highest BCUT2D eigenvalue weighted by molar-refractivity contribution is 6.29. The lowest BCUT2D eigenvalue weighted by atomic mass is 10.1. The van der Waals surface area contributed by atoms with Crippen molar-refractivity contribution in [3.05, 3.63) is 42.0 Å². The van der Waals surface area contributed by atoms with E-state index in [1.807, 2.05) is 0 Å². The smallest absolute Gasteiger partial charge is 0.340 e. The van der Waals surface area contributed by atoms with Crippen molar-refractivity contribution >= 4 is 23.5 Å². The van der Waals surface area contributed by atoms with Gasteiger partial charge in [-0.2, -0.15) is 0 Å². The second-order valence-electron chi connectivity index (χ2n) is 5.36. The van der Waals surface area contributed by atoms with Crippen LogP contribution in [0.15, 0.2) is 36.4 Å². The zero-order valence-corrected chi connectivity index (χ0v) is 11.5. The number of imide groups is 1. The van der Waals surface area contributed by atoms with Crippen molar-refractivity contribution in [2.75, 3.05) is 4.90 Å². The number of hydrogen-bond donors (Lipinski definition) is 0. The summed E-state index contributed by atoms with van der Waals surface area (Å²) >= 11 is 0. The molecule has 0 spiro atoms. The monoisotopic (exact) mass is 273 g/mol. The van der Waals surface area contributed by atoms with Gasteiger partial charge < -0.3 is 4.74 Å². The number of para-hydroxylation sites is 1. The Morgan fingerprint density at radius 1 is 1.05 bits per heavy atom. The SMILES string of the molecule is CC(C)(C)OC(=O)c1ccccc1N1C(=O)C=CC1=O. The van der Waals surface area contributed by atoms with Crippen molar-refractivity contribution in [3.8, 4) is 0 Å². The van der Waals surface area contributed by atoms with Crippen LogP contribution in [0.3, 0.4) is 0 Å². The van der Waals surface area contributed by atoms with Gasteiger partial charge in [0.1, 0.15) is 5.60 Å². The minimum absolute atomic E-state index is 0.188. The molecule has 1 aromatic rings. The maximum atomic E-state index is 12.2. The largest absolute Gasteiger partial charge is 0.456 e. The molecule has 1 aliphatic rings. The Hall–Kier alpha value is -2.43. The number of nitrogens with zero attached hydrogens (tertiary/aromatic N) is 1. The number of anilines is 1. The van der Waals surface area contributed by atoms with Gasteiger partial charge in [-0.3, -0.25) is 9.59 Å². The van der Waals surface area contributed by atoms with Crippen LogP contribution in [-0.4, -0.2) is 23.4 Å². The van der Waals surface area contributed by atoms with E-state index in [0.29, 0.717) is 0 Å². The normalized spacial score (nSPS) is 14.8. The van der Waals surface area contributed by atoms with Gasteiger partial charge in [-0.05, 0) is 32.9 Å². The fourth-order valence-electron chi connectivity index (χ4n) is 1.81. The van der Waals surface area contributed by atoms with Crippen molar-refractivity contribution in [1.29, 1.82) is 0 Å². The molecule has 0 aliphatic carbocycles. The van der Waals surface area contributed by atoms with E-state index in [1.54, 1.807) is 39.0 Å². The van der Waals surface area contributed by atoms with E-state index < -0.39 is 23.4 Å². The van der Waals surface area contributed by atoms with Gasteiger partial charge in [0.15, 0.2) is 0 Å². The Labute approximate surface area is 116 Å². The first-order valence-corrected chi connectivity index (χ1v) is 6.18. The summed E-state index contributed by atoms with van der Waals surface area (Å²) in [4.78, 5) is 36.5. The number of amides is 2. The summed E-state index contributed by atoms with van der Waals surface area (Å²) in [6.45, 7) is 5.25. The topological polar surface area (TPSA) is 63.7 Å². The van der Waals surface area contributed by atoms with Crippen LogP contribution in [0.1, 0.15) is 31.1 Å². The third-order valence-corrected chi connectivity index (χ3v) is 2.57. The second-order valence-corrected chi connectivity index (χ2v) is 5.36. The van der Waals surface area contributed by atoms with Gasteiger partial charge in [0.25, 0.3) is 11.8 Å². The maximum absolute atomic E-state index is 12.2. The highest BCUT2D eigenvalue weighted by Crippen LogP contribution is 2.25. The number of rotatable bonds is 2. The number of carbonyl (C=O) groups excluding carboxylic acids is 3. The molecule has 0 bridgehead atoms. The van der Waals surface area contributed by atoms with Crippen LogP contribution in [0, 0.1) is 0 Å². The molecule has 0 fully saturated rings.